The highest BCUT2D eigenvalue weighted by atomic mass is 19.1. The summed E-state index contributed by atoms with van der Waals surface area (Å²) in [6.45, 7) is 2.18. The van der Waals surface area contributed by atoms with E-state index in [2.05, 4.69) is 0 Å². The first-order chi connectivity index (χ1) is 8.72. The number of anilines is 1. The molecule has 5 nitrogen and oxygen atoms in total. The molecule has 1 aliphatic rings. The molecule has 6 heteroatoms. The number of rotatable bonds is 2. The molecule has 0 N–H and O–H groups in total. The van der Waals surface area contributed by atoms with Crippen LogP contribution < -0.4 is 5.01 Å². The fourth-order valence-electron chi connectivity index (χ4n) is 1.83. The minimum absolute atomic E-state index is 0.394. The molecule has 98 valence electrons. The van der Waals surface area contributed by atoms with Crippen LogP contribution in [0.1, 0.15) is 0 Å². The van der Waals surface area contributed by atoms with Crippen molar-refractivity contribution in [1.82, 2.24) is 5.01 Å². The van der Waals surface area contributed by atoms with E-state index < -0.39 is 11.9 Å². The van der Waals surface area contributed by atoms with Crippen LogP contribution in [0.4, 0.5) is 14.9 Å². The largest absolute Gasteiger partial charge is 0.452 e. The van der Waals surface area contributed by atoms with Gasteiger partial charge in [0.25, 0.3) is 0 Å². The average molecular weight is 254 g/mol. The first-order valence-electron chi connectivity index (χ1n) is 5.68. The van der Waals surface area contributed by atoms with E-state index in [0.717, 1.165) is 0 Å². The van der Waals surface area contributed by atoms with Crippen molar-refractivity contribution in [3.63, 3.8) is 0 Å². The maximum Gasteiger partial charge on any atom is 0.428 e. The first-order valence-corrected chi connectivity index (χ1v) is 5.68. The molecule has 1 amide bonds. The molecule has 1 fully saturated rings. The SMILES string of the molecule is COC(=O)N(c1cccc(F)c1)N1CCOCC1. The summed E-state index contributed by atoms with van der Waals surface area (Å²) in [4.78, 5) is 11.8. The molecule has 0 aromatic heterocycles. The summed E-state index contributed by atoms with van der Waals surface area (Å²) in [5.41, 5.74) is 0.448. The van der Waals surface area contributed by atoms with Crippen LogP contribution >= 0.6 is 0 Å². The highest BCUT2D eigenvalue weighted by molar-refractivity contribution is 5.86. The number of benzene rings is 1. The van der Waals surface area contributed by atoms with Crippen LogP contribution in [0, 0.1) is 5.82 Å². The van der Waals surface area contributed by atoms with Gasteiger partial charge in [-0.15, -0.1) is 0 Å². The highest BCUT2D eigenvalue weighted by Crippen LogP contribution is 2.19. The van der Waals surface area contributed by atoms with E-state index in [4.69, 9.17) is 9.47 Å². The molecule has 1 heterocycles. The minimum Gasteiger partial charge on any atom is -0.452 e. The maximum atomic E-state index is 13.2. The first kappa shape index (κ1) is 12.8. The van der Waals surface area contributed by atoms with Crippen LogP contribution in [-0.2, 0) is 9.47 Å². The van der Waals surface area contributed by atoms with Crippen molar-refractivity contribution in [2.75, 3.05) is 38.4 Å². The molecule has 1 aromatic carbocycles. The van der Waals surface area contributed by atoms with E-state index in [1.165, 1.54) is 24.3 Å². The number of carbonyl (C=O) groups is 1. The van der Waals surface area contributed by atoms with E-state index in [1.807, 2.05) is 0 Å². The third-order valence-electron chi connectivity index (χ3n) is 2.67. The van der Waals surface area contributed by atoms with Crippen LogP contribution in [0.3, 0.4) is 0 Å². The van der Waals surface area contributed by atoms with Gasteiger partial charge in [-0.05, 0) is 18.2 Å². The zero-order valence-corrected chi connectivity index (χ0v) is 10.1. The Kier molecular flexibility index (Phi) is 4.11. The lowest BCUT2D eigenvalue weighted by Crippen LogP contribution is -2.51. The topological polar surface area (TPSA) is 42.0 Å². The van der Waals surface area contributed by atoms with Gasteiger partial charge in [0.15, 0.2) is 0 Å². The molecule has 1 aromatic rings. The van der Waals surface area contributed by atoms with Crippen LogP contribution in [0.15, 0.2) is 24.3 Å². The molecule has 0 spiro atoms. The van der Waals surface area contributed by atoms with E-state index in [-0.39, 0.29) is 0 Å². The predicted octanol–water partition coefficient (Wildman–Crippen LogP) is 1.65. The van der Waals surface area contributed by atoms with Gasteiger partial charge in [0.05, 0.1) is 26.0 Å². The average Bonchev–Trinajstić information content (AvgIpc) is 2.40. The van der Waals surface area contributed by atoms with Gasteiger partial charge < -0.3 is 9.47 Å². The summed E-state index contributed by atoms with van der Waals surface area (Å²) in [7, 11) is 1.30. The van der Waals surface area contributed by atoms with E-state index in [1.54, 1.807) is 17.1 Å². The quantitative estimate of drug-likeness (QED) is 0.804. The molecule has 0 aliphatic carbocycles. The zero-order valence-electron chi connectivity index (χ0n) is 10.1. The smallest absolute Gasteiger partial charge is 0.428 e. The lowest BCUT2D eigenvalue weighted by Gasteiger charge is -2.35. The number of methoxy groups -OCH3 is 1. The van der Waals surface area contributed by atoms with Gasteiger partial charge >= 0.3 is 6.09 Å². The van der Waals surface area contributed by atoms with Gasteiger partial charge in [0, 0.05) is 13.1 Å². The molecular formula is C12H15FN2O3. The molecule has 0 saturated carbocycles. The Hall–Kier alpha value is -1.66. The monoisotopic (exact) mass is 254 g/mol. The van der Waals surface area contributed by atoms with Crippen LogP contribution in [0.5, 0.6) is 0 Å². The number of carbonyl (C=O) groups excluding carboxylic acids is 1. The van der Waals surface area contributed by atoms with Crippen molar-refractivity contribution in [2.24, 2.45) is 0 Å². The fourth-order valence-corrected chi connectivity index (χ4v) is 1.83. The van der Waals surface area contributed by atoms with Crippen LogP contribution in [0.25, 0.3) is 0 Å². The highest BCUT2D eigenvalue weighted by Gasteiger charge is 2.26. The second-order valence-electron chi connectivity index (χ2n) is 3.83. The second-order valence-corrected chi connectivity index (χ2v) is 3.83. The number of hydrogen-bond acceptors (Lipinski definition) is 4. The van der Waals surface area contributed by atoms with E-state index in [0.29, 0.717) is 32.0 Å². The van der Waals surface area contributed by atoms with Gasteiger partial charge in [0.1, 0.15) is 5.82 Å². The molecule has 1 aliphatic heterocycles. The molecule has 0 radical (unpaired) electrons. The third-order valence-corrected chi connectivity index (χ3v) is 2.67. The minimum atomic E-state index is -0.539. The van der Waals surface area contributed by atoms with Crippen molar-refractivity contribution in [2.45, 2.75) is 0 Å². The van der Waals surface area contributed by atoms with Crippen molar-refractivity contribution < 1.29 is 18.7 Å². The summed E-state index contributed by atoms with van der Waals surface area (Å²) in [5.74, 6) is -0.394. The molecule has 0 atom stereocenters. The predicted molar refractivity (Wildman–Crippen MR) is 63.7 cm³/mol. The molecule has 1 saturated heterocycles. The number of nitrogens with zero attached hydrogens (tertiary/aromatic N) is 2. The molecular weight excluding hydrogens is 239 g/mol. The number of hydrogen-bond donors (Lipinski definition) is 0. The number of amides is 1. The summed E-state index contributed by atoms with van der Waals surface area (Å²) in [5, 5.41) is 3.12. The Morgan fingerprint density at radius 1 is 1.44 bits per heavy atom. The summed E-state index contributed by atoms with van der Waals surface area (Å²) >= 11 is 0. The summed E-state index contributed by atoms with van der Waals surface area (Å²) < 4.78 is 23.2. The number of hydrazine groups is 1. The number of morpholine rings is 1. The van der Waals surface area contributed by atoms with E-state index >= 15 is 0 Å². The van der Waals surface area contributed by atoms with Crippen molar-refractivity contribution in [1.29, 1.82) is 0 Å². The van der Waals surface area contributed by atoms with Gasteiger partial charge in [-0.3, -0.25) is 0 Å². The molecule has 0 unspecified atom stereocenters. The second kappa shape index (κ2) is 5.79. The molecule has 0 bridgehead atoms. The van der Waals surface area contributed by atoms with Crippen molar-refractivity contribution in [3.8, 4) is 0 Å². The molecule has 2 rings (SSSR count). The number of halogens is 1. The van der Waals surface area contributed by atoms with Crippen molar-refractivity contribution >= 4 is 11.8 Å². The Balaban J connectivity index is 2.26. The van der Waals surface area contributed by atoms with E-state index in [9.17, 15) is 9.18 Å². The van der Waals surface area contributed by atoms with Gasteiger partial charge in [-0.1, -0.05) is 6.07 Å². The zero-order chi connectivity index (χ0) is 13.0. The van der Waals surface area contributed by atoms with Crippen LogP contribution in [0.2, 0.25) is 0 Å². The maximum absolute atomic E-state index is 13.2. The van der Waals surface area contributed by atoms with Gasteiger partial charge in [-0.25, -0.2) is 19.2 Å². The summed E-state index contributed by atoms with van der Waals surface area (Å²) in [6, 6.07) is 5.85. The Bertz CT molecular complexity index is 422. The molecule has 18 heavy (non-hydrogen) atoms. The number of ether oxygens (including phenoxy) is 2. The van der Waals surface area contributed by atoms with Crippen LogP contribution in [-0.4, -0.2) is 44.5 Å². The van der Waals surface area contributed by atoms with Crippen molar-refractivity contribution in [3.05, 3.63) is 30.1 Å². The lowest BCUT2D eigenvalue weighted by atomic mass is 10.3. The summed E-state index contributed by atoms with van der Waals surface area (Å²) in [6.07, 6.45) is -0.539. The van der Waals surface area contributed by atoms with Gasteiger partial charge in [-0.2, -0.15) is 0 Å². The lowest BCUT2D eigenvalue weighted by molar-refractivity contribution is 0.0308. The Morgan fingerprint density at radius 2 is 2.17 bits per heavy atom. The Morgan fingerprint density at radius 3 is 2.78 bits per heavy atom. The van der Waals surface area contributed by atoms with Gasteiger partial charge in [0.2, 0.25) is 0 Å². The normalized spacial score (nSPS) is 16.3. The fraction of sp³-hybridized carbons (Fsp3) is 0.417. The standard InChI is InChI=1S/C12H15FN2O3/c1-17-12(16)15(14-5-7-18-8-6-14)11-4-2-3-10(13)9-11/h2-4,9H,5-8H2,1H3. The third kappa shape index (κ3) is 2.77. The Labute approximate surface area is 105 Å².